The molecule has 106 valence electrons. The van der Waals surface area contributed by atoms with Gasteiger partial charge in [-0.15, -0.1) is 0 Å². The van der Waals surface area contributed by atoms with Crippen molar-refractivity contribution >= 4 is 31.9 Å². The first-order chi connectivity index (χ1) is 9.61. The van der Waals surface area contributed by atoms with Crippen molar-refractivity contribution in [3.05, 3.63) is 57.0 Å². The molecule has 0 aliphatic heterocycles. The fourth-order valence-electron chi connectivity index (χ4n) is 1.94. The van der Waals surface area contributed by atoms with Crippen LogP contribution in [0.2, 0.25) is 0 Å². The third-order valence-electron chi connectivity index (χ3n) is 3.02. The van der Waals surface area contributed by atoms with Crippen molar-refractivity contribution in [1.29, 1.82) is 0 Å². The number of halogens is 2. The van der Waals surface area contributed by atoms with Crippen LogP contribution in [0, 0.1) is 0 Å². The van der Waals surface area contributed by atoms with E-state index < -0.39 is 0 Å². The predicted octanol–water partition coefficient (Wildman–Crippen LogP) is 5.67. The van der Waals surface area contributed by atoms with E-state index in [0.29, 0.717) is 6.04 Å². The standard InChI is InChI=1S/C16H17Br2NO/c1-3-19-11(2)12-8-9-16(14(18)10-12)20-15-7-5-4-6-13(15)17/h4-11,19H,3H2,1-2H3. The molecular formula is C16H17Br2NO. The third kappa shape index (κ3) is 3.84. The highest BCUT2D eigenvalue weighted by atomic mass is 79.9. The summed E-state index contributed by atoms with van der Waals surface area (Å²) < 4.78 is 7.82. The molecule has 20 heavy (non-hydrogen) atoms. The van der Waals surface area contributed by atoms with Crippen molar-refractivity contribution in [1.82, 2.24) is 5.32 Å². The van der Waals surface area contributed by atoms with Crippen LogP contribution >= 0.6 is 31.9 Å². The summed E-state index contributed by atoms with van der Waals surface area (Å²) in [5.74, 6) is 1.62. The van der Waals surface area contributed by atoms with E-state index in [1.165, 1.54) is 5.56 Å². The first kappa shape index (κ1) is 15.5. The van der Waals surface area contributed by atoms with E-state index in [4.69, 9.17) is 4.74 Å². The number of hydrogen-bond acceptors (Lipinski definition) is 2. The van der Waals surface area contributed by atoms with E-state index in [9.17, 15) is 0 Å². The summed E-state index contributed by atoms with van der Waals surface area (Å²) in [6.45, 7) is 5.21. The SMILES string of the molecule is CCNC(C)c1ccc(Oc2ccccc2Br)c(Br)c1. The molecule has 4 heteroatoms. The molecule has 0 saturated heterocycles. The van der Waals surface area contributed by atoms with Gasteiger partial charge in [-0.25, -0.2) is 0 Å². The number of benzene rings is 2. The summed E-state index contributed by atoms with van der Waals surface area (Å²) in [5.41, 5.74) is 1.23. The summed E-state index contributed by atoms with van der Waals surface area (Å²) in [5, 5.41) is 3.40. The summed E-state index contributed by atoms with van der Waals surface area (Å²) >= 11 is 7.07. The summed E-state index contributed by atoms with van der Waals surface area (Å²) in [6, 6.07) is 14.3. The lowest BCUT2D eigenvalue weighted by Crippen LogP contribution is -2.17. The van der Waals surface area contributed by atoms with Crippen LogP contribution in [0.4, 0.5) is 0 Å². The number of hydrogen-bond donors (Lipinski definition) is 1. The molecule has 0 aromatic heterocycles. The third-order valence-corrected chi connectivity index (χ3v) is 4.30. The molecule has 1 unspecified atom stereocenters. The van der Waals surface area contributed by atoms with Crippen molar-refractivity contribution in [2.45, 2.75) is 19.9 Å². The van der Waals surface area contributed by atoms with Gasteiger partial charge in [-0.2, -0.15) is 0 Å². The van der Waals surface area contributed by atoms with Gasteiger partial charge >= 0.3 is 0 Å². The fourth-order valence-corrected chi connectivity index (χ4v) is 2.78. The minimum absolute atomic E-state index is 0.328. The fraction of sp³-hybridized carbons (Fsp3) is 0.250. The van der Waals surface area contributed by atoms with Gasteiger partial charge in [-0.1, -0.05) is 25.1 Å². The first-order valence-corrected chi connectivity index (χ1v) is 8.15. The summed E-state index contributed by atoms with van der Waals surface area (Å²) in [7, 11) is 0. The van der Waals surface area contributed by atoms with Gasteiger partial charge < -0.3 is 10.1 Å². The summed E-state index contributed by atoms with van der Waals surface area (Å²) in [4.78, 5) is 0. The molecular weight excluding hydrogens is 382 g/mol. The Labute approximate surface area is 136 Å². The molecule has 2 nitrogen and oxygen atoms in total. The largest absolute Gasteiger partial charge is 0.455 e. The normalized spacial score (nSPS) is 12.2. The van der Waals surface area contributed by atoms with Gasteiger partial charge in [0.15, 0.2) is 0 Å². The van der Waals surface area contributed by atoms with Crippen LogP contribution in [0.25, 0.3) is 0 Å². The number of rotatable bonds is 5. The molecule has 0 aliphatic carbocycles. The zero-order valence-corrected chi connectivity index (χ0v) is 14.7. The Bertz CT molecular complexity index is 586. The molecule has 0 spiro atoms. The predicted molar refractivity (Wildman–Crippen MR) is 90.4 cm³/mol. The lowest BCUT2D eigenvalue weighted by atomic mass is 10.1. The molecule has 0 amide bonds. The van der Waals surface area contributed by atoms with Crippen LogP contribution in [-0.4, -0.2) is 6.54 Å². The van der Waals surface area contributed by atoms with Crippen LogP contribution < -0.4 is 10.1 Å². The van der Waals surface area contributed by atoms with E-state index >= 15 is 0 Å². The molecule has 0 heterocycles. The van der Waals surface area contributed by atoms with Gasteiger partial charge in [0.25, 0.3) is 0 Å². The Kier molecular flexibility index (Phi) is 5.64. The van der Waals surface area contributed by atoms with Crippen LogP contribution in [0.15, 0.2) is 51.4 Å². The van der Waals surface area contributed by atoms with E-state index in [1.54, 1.807) is 0 Å². The second-order valence-corrected chi connectivity index (χ2v) is 6.21. The van der Waals surface area contributed by atoms with Gasteiger partial charge in [-0.05, 0) is 75.2 Å². The zero-order chi connectivity index (χ0) is 14.5. The number of para-hydroxylation sites is 1. The highest BCUT2D eigenvalue weighted by molar-refractivity contribution is 9.11. The second-order valence-electron chi connectivity index (χ2n) is 4.50. The van der Waals surface area contributed by atoms with E-state index in [0.717, 1.165) is 27.0 Å². The molecule has 1 atom stereocenters. The van der Waals surface area contributed by atoms with Crippen LogP contribution in [0.1, 0.15) is 25.5 Å². The van der Waals surface area contributed by atoms with Crippen molar-refractivity contribution < 1.29 is 4.74 Å². The number of ether oxygens (including phenoxy) is 1. The monoisotopic (exact) mass is 397 g/mol. The highest BCUT2D eigenvalue weighted by Gasteiger charge is 2.09. The van der Waals surface area contributed by atoms with Crippen LogP contribution in [0.5, 0.6) is 11.5 Å². The Morgan fingerprint density at radius 1 is 1.05 bits per heavy atom. The Morgan fingerprint density at radius 2 is 1.75 bits per heavy atom. The Hall–Kier alpha value is -0.840. The maximum absolute atomic E-state index is 5.92. The lowest BCUT2D eigenvalue weighted by molar-refractivity contribution is 0.476. The Morgan fingerprint density at radius 3 is 2.40 bits per heavy atom. The van der Waals surface area contributed by atoms with Crippen molar-refractivity contribution in [3.8, 4) is 11.5 Å². The second kappa shape index (κ2) is 7.25. The molecule has 2 rings (SSSR count). The van der Waals surface area contributed by atoms with Crippen LogP contribution in [-0.2, 0) is 0 Å². The van der Waals surface area contributed by atoms with Gasteiger partial charge in [-0.3, -0.25) is 0 Å². The molecule has 2 aromatic rings. The first-order valence-electron chi connectivity index (χ1n) is 6.57. The van der Waals surface area contributed by atoms with E-state index in [-0.39, 0.29) is 0 Å². The van der Waals surface area contributed by atoms with Crippen LogP contribution in [0.3, 0.4) is 0 Å². The molecule has 2 aromatic carbocycles. The van der Waals surface area contributed by atoms with Gasteiger partial charge in [0.2, 0.25) is 0 Å². The van der Waals surface area contributed by atoms with E-state index in [2.05, 4.69) is 63.2 Å². The van der Waals surface area contributed by atoms with Crippen molar-refractivity contribution in [2.24, 2.45) is 0 Å². The zero-order valence-electron chi connectivity index (χ0n) is 11.5. The van der Waals surface area contributed by atoms with Gasteiger partial charge in [0, 0.05) is 6.04 Å². The average Bonchev–Trinajstić information content (AvgIpc) is 2.43. The minimum atomic E-state index is 0.328. The minimum Gasteiger partial charge on any atom is -0.455 e. The summed E-state index contributed by atoms with van der Waals surface area (Å²) in [6.07, 6.45) is 0. The molecule has 0 aliphatic rings. The lowest BCUT2D eigenvalue weighted by Gasteiger charge is -2.15. The quantitative estimate of drug-likeness (QED) is 0.699. The molecule has 0 saturated carbocycles. The van der Waals surface area contributed by atoms with Gasteiger partial charge in [0.05, 0.1) is 8.95 Å². The van der Waals surface area contributed by atoms with Crippen molar-refractivity contribution in [2.75, 3.05) is 6.54 Å². The highest BCUT2D eigenvalue weighted by Crippen LogP contribution is 2.35. The van der Waals surface area contributed by atoms with E-state index in [1.807, 2.05) is 30.3 Å². The van der Waals surface area contributed by atoms with Gasteiger partial charge in [0.1, 0.15) is 11.5 Å². The maximum atomic E-state index is 5.92. The van der Waals surface area contributed by atoms with Crippen molar-refractivity contribution in [3.63, 3.8) is 0 Å². The topological polar surface area (TPSA) is 21.3 Å². The molecule has 1 N–H and O–H groups in total. The average molecular weight is 399 g/mol. The molecule has 0 fully saturated rings. The maximum Gasteiger partial charge on any atom is 0.141 e. The molecule has 0 radical (unpaired) electrons. The molecule has 0 bridgehead atoms. The Balaban J connectivity index is 2.20. The smallest absolute Gasteiger partial charge is 0.141 e. The number of nitrogens with one attached hydrogen (secondary N) is 1.